The van der Waals surface area contributed by atoms with Gasteiger partial charge >= 0.3 is 6.18 Å². The number of hydrogen-bond donors (Lipinski definition) is 0. The summed E-state index contributed by atoms with van der Waals surface area (Å²) < 4.78 is 56.2. The molecule has 2 aromatic heterocycles. The Labute approximate surface area is 125 Å². The van der Waals surface area contributed by atoms with E-state index in [2.05, 4.69) is 19.7 Å². The lowest BCUT2D eigenvalue weighted by Crippen LogP contribution is -2.14. The molecule has 0 aliphatic heterocycles. The molecule has 0 aliphatic carbocycles. The van der Waals surface area contributed by atoms with E-state index >= 15 is 0 Å². The molecule has 0 amide bonds. The predicted octanol–water partition coefficient (Wildman–Crippen LogP) is 4.01. The number of methoxy groups -OCH3 is 1. The van der Waals surface area contributed by atoms with Gasteiger partial charge in [-0.1, -0.05) is 23.2 Å². The van der Waals surface area contributed by atoms with E-state index in [-0.39, 0.29) is 21.7 Å². The van der Waals surface area contributed by atoms with Crippen molar-refractivity contribution in [3.63, 3.8) is 0 Å². The molecule has 4 nitrogen and oxygen atoms in total. The van der Waals surface area contributed by atoms with Crippen molar-refractivity contribution in [1.82, 2.24) is 15.0 Å². The third-order valence-corrected chi connectivity index (χ3v) is 2.72. The molecule has 0 unspecified atom stereocenters. The monoisotopic (exact) mass is 341 g/mol. The van der Waals surface area contributed by atoms with E-state index in [4.69, 9.17) is 23.2 Å². The topological polar surface area (TPSA) is 47.9 Å². The summed E-state index contributed by atoms with van der Waals surface area (Å²) in [5.41, 5.74) is -1.58. The highest BCUT2D eigenvalue weighted by atomic mass is 35.5. The number of rotatable bonds is 2. The fraction of sp³-hybridized carbons (Fsp3) is 0.182. The molecule has 21 heavy (non-hydrogen) atoms. The predicted molar refractivity (Wildman–Crippen MR) is 66.8 cm³/mol. The highest BCUT2D eigenvalue weighted by Gasteiger charge is 2.40. The van der Waals surface area contributed by atoms with E-state index in [9.17, 15) is 17.6 Å². The highest BCUT2D eigenvalue weighted by molar-refractivity contribution is 6.32. The summed E-state index contributed by atoms with van der Waals surface area (Å²) in [6.45, 7) is 0. The van der Waals surface area contributed by atoms with Gasteiger partial charge in [0.05, 0.1) is 7.11 Å². The van der Waals surface area contributed by atoms with Crippen molar-refractivity contribution in [3.8, 4) is 17.3 Å². The molecular formula is C11H5Cl2F4N3O. The highest BCUT2D eigenvalue weighted by Crippen LogP contribution is 2.37. The van der Waals surface area contributed by atoms with Crippen LogP contribution in [0.25, 0.3) is 11.4 Å². The first-order valence-corrected chi connectivity index (χ1v) is 6.00. The second kappa shape index (κ2) is 5.61. The largest absolute Gasteiger partial charge is 0.480 e. The average Bonchev–Trinajstić information content (AvgIpc) is 2.34. The summed E-state index contributed by atoms with van der Waals surface area (Å²) in [7, 11) is 0.938. The second-order valence-corrected chi connectivity index (χ2v) is 4.50. The number of pyridine rings is 1. The Balaban J connectivity index is 2.65. The summed E-state index contributed by atoms with van der Waals surface area (Å²) in [4.78, 5) is 10.4. The van der Waals surface area contributed by atoms with Crippen molar-refractivity contribution in [3.05, 3.63) is 34.0 Å². The summed E-state index contributed by atoms with van der Waals surface area (Å²) in [6.07, 6.45) is -4.98. The lowest BCUT2D eigenvalue weighted by Gasteiger charge is -2.12. The zero-order chi connectivity index (χ0) is 15.8. The third-order valence-electron chi connectivity index (χ3n) is 2.33. The van der Waals surface area contributed by atoms with E-state index in [0.29, 0.717) is 0 Å². The van der Waals surface area contributed by atoms with Crippen LogP contribution in [0.15, 0.2) is 12.1 Å². The van der Waals surface area contributed by atoms with E-state index in [1.165, 1.54) is 12.1 Å². The SMILES string of the molecule is COc1nc(-c2cc(Cl)nc(Cl)c2)nc(F)c1C(F)(F)F. The van der Waals surface area contributed by atoms with E-state index in [0.717, 1.165) is 7.11 Å². The first kappa shape index (κ1) is 15.7. The Morgan fingerprint density at radius 3 is 2.10 bits per heavy atom. The van der Waals surface area contributed by atoms with Gasteiger partial charge < -0.3 is 4.74 Å². The van der Waals surface area contributed by atoms with Gasteiger partial charge in [0.1, 0.15) is 10.3 Å². The van der Waals surface area contributed by atoms with Gasteiger partial charge in [0.2, 0.25) is 11.8 Å². The van der Waals surface area contributed by atoms with Gasteiger partial charge in [0, 0.05) is 5.56 Å². The molecule has 0 saturated heterocycles. The maximum absolute atomic E-state index is 13.6. The Hall–Kier alpha value is -1.67. The molecule has 0 saturated carbocycles. The zero-order valence-electron chi connectivity index (χ0n) is 10.2. The smallest absolute Gasteiger partial charge is 0.426 e. The van der Waals surface area contributed by atoms with Crippen LogP contribution in [-0.2, 0) is 6.18 Å². The van der Waals surface area contributed by atoms with Crippen molar-refractivity contribution in [2.45, 2.75) is 6.18 Å². The van der Waals surface area contributed by atoms with Crippen molar-refractivity contribution in [2.24, 2.45) is 0 Å². The summed E-state index contributed by atoms with van der Waals surface area (Å²) >= 11 is 11.3. The van der Waals surface area contributed by atoms with E-state index in [1.54, 1.807) is 0 Å². The summed E-state index contributed by atoms with van der Waals surface area (Å²) in [6, 6.07) is 2.46. The van der Waals surface area contributed by atoms with E-state index < -0.39 is 23.6 Å². The fourth-order valence-electron chi connectivity index (χ4n) is 1.52. The molecule has 2 aromatic rings. The maximum atomic E-state index is 13.6. The van der Waals surface area contributed by atoms with Gasteiger partial charge in [-0.15, -0.1) is 0 Å². The summed E-state index contributed by atoms with van der Waals surface area (Å²) in [5.74, 6) is -3.05. The standard InChI is InChI=1S/C11H5Cl2F4N3O/c1-21-10-7(11(15,16)17)8(14)19-9(20-10)4-2-5(12)18-6(13)3-4/h2-3H,1H3. The number of ether oxygens (including phenoxy) is 1. The van der Waals surface area contributed by atoms with Crippen molar-refractivity contribution in [1.29, 1.82) is 0 Å². The lowest BCUT2D eigenvalue weighted by molar-refractivity contribution is -0.142. The zero-order valence-corrected chi connectivity index (χ0v) is 11.7. The molecule has 0 atom stereocenters. The van der Waals surface area contributed by atoms with E-state index in [1.807, 2.05) is 0 Å². The molecule has 2 rings (SSSR count). The quantitative estimate of drug-likeness (QED) is 0.470. The van der Waals surface area contributed by atoms with Crippen LogP contribution in [0.3, 0.4) is 0 Å². The molecule has 0 N–H and O–H groups in total. The minimum absolute atomic E-state index is 0.0413. The van der Waals surface area contributed by atoms with Crippen LogP contribution < -0.4 is 4.74 Å². The Morgan fingerprint density at radius 1 is 1.05 bits per heavy atom. The molecule has 0 bridgehead atoms. The summed E-state index contributed by atoms with van der Waals surface area (Å²) in [5, 5.41) is -0.0826. The Kier molecular flexibility index (Phi) is 4.20. The molecule has 0 spiro atoms. The molecule has 10 heteroatoms. The number of halogens is 6. The van der Waals surface area contributed by atoms with Gasteiger partial charge in [0.15, 0.2) is 11.4 Å². The number of nitrogens with zero attached hydrogens (tertiary/aromatic N) is 3. The van der Waals surface area contributed by atoms with Gasteiger partial charge in [-0.3, -0.25) is 0 Å². The van der Waals surface area contributed by atoms with Crippen LogP contribution in [-0.4, -0.2) is 22.1 Å². The molecular weight excluding hydrogens is 337 g/mol. The van der Waals surface area contributed by atoms with Crippen molar-refractivity contribution < 1.29 is 22.3 Å². The second-order valence-electron chi connectivity index (χ2n) is 3.72. The first-order chi connectivity index (χ1) is 9.72. The van der Waals surface area contributed by atoms with Crippen LogP contribution in [0.2, 0.25) is 10.3 Å². The third kappa shape index (κ3) is 3.33. The minimum atomic E-state index is -4.98. The van der Waals surface area contributed by atoms with Crippen LogP contribution in [0.4, 0.5) is 17.6 Å². The van der Waals surface area contributed by atoms with Gasteiger partial charge in [-0.05, 0) is 12.1 Å². The molecule has 2 heterocycles. The van der Waals surface area contributed by atoms with Crippen LogP contribution >= 0.6 is 23.2 Å². The van der Waals surface area contributed by atoms with Gasteiger partial charge in [0.25, 0.3) is 0 Å². The minimum Gasteiger partial charge on any atom is -0.480 e. The molecule has 0 aromatic carbocycles. The number of aromatic nitrogens is 3. The Bertz CT molecular complexity index is 674. The first-order valence-electron chi connectivity index (χ1n) is 5.24. The molecule has 0 aliphatic rings. The Morgan fingerprint density at radius 2 is 1.62 bits per heavy atom. The van der Waals surface area contributed by atoms with Gasteiger partial charge in [-0.25, -0.2) is 4.98 Å². The molecule has 0 fully saturated rings. The van der Waals surface area contributed by atoms with Crippen LogP contribution in [0, 0.1) is 5.95 Å². The average molecular weight is 342 g/mol. The fourth-order valence-corrected chi connectivity index (χ4v) is 1.98. The van der Waals surface area contributed by atoms with Crippen molar-refractivity contribution >= 4 is 23.2 Å². The number of alkyl halides is 3. The lowest BCUT2D eigenvalue weighted by atomic mass is 10.2. The molecule has 0 radical (unpaired) electrons. The van der Waals surface area contributed by atoms with Crippen LogP contribution in [0.1, 0.15) is 5.56 Å². The van der Waals surface area contributed by atoms with Crippen LogP contribution in [0.5, 0.6) is 5.88 Å². The molecule has 112 valence electrons. The normalized spacial score (nSPS) is 11.6. The van der Waals surface area contributed by atoms with Gasteiger partial charge in [-0.2, -0.15) is 27.5 Å². The number of hydrogen-bond acceptors (Lipinski definition) is 4. The van der Waals surface area contributed by atoms with Crippen molar-refractivity contribution in [2.75, 3.05) is 7.11 Å². The maximum Gasteiger partial charge on any atom is 0.426 e.